The Kier molecular flexibility index (Phi) is 3.09. The molecule has 0 unspecified atom stereocenters. The number of alkyl halides is 2. The third-order valence-corrected chi connectivity index (χ3v) is 4.93. The van der Waals surface area contributed by atoms with Gasteiger partial charge in [0, 0.05) is 23.9 Å². The largest absolute Gasteiger partial charge is 0.415 e. The molecule has 2 aromatic heterocycles. The second-order valence-electron chi connectivity index (χ2n) is 6.07. The Morgan fingerprint density at radius 1 is 1.18 bits per heavy atom. The average molecular weight is 307 g/mol. The molecule has 2 bridgehead atoms. The summed E-state index contributed by atoms with van der Waals surface area (Å²) in [6, 6.07) is 3.35. The lowest BCUT2D eigenvalue weighted by atomic mass is 10.0. The fraction of sp³-hybridized carbons (Fsp3) is 0.533. The Morgan fingerprint density at radius 3 is 2.41 bits per heavy atom. The average Bonchev–Trinajstić information content (AvgIpc) is 3.22. The van der Waals surface area contributed by atoms with E-state index in [0.29, 0.717) is 17.4 Å². The third kappa shape index (κ3) is 2.07. The number of fused-ring (bicyclic) bond motifs is 2. The Balaban J connectivity index is 1.66. The lowest BCUT2D eigenvalue weighted by Gasteiger charge is -2.18. The van der Waals surface area contributed by atoms with Crippen LogP contribution in [0, 0.1) is 11.8 Å². The van der Waals surface area contributed by atoms with Gasteiger partial charge in [0.05, 0.1) is 0 Å². The summed E-state index contributed by atoms with van der Waals surface area (Å²) in [7, 11) is 0. The summed E-state index contributed by atoms with van der Waals surface area (Å²) in [5, 5.41) is 6.85. The predicted molar refractivity (Wildman–Crippen MR) is 73.4 cm³/mol. The van der Waals surface area contributed by atoms with Crippen LogP contribution in [0.1, 0.15) is 44.0 Å². The zero-order valence-electron chi connectivity index (χ0n) is 11.8. The van der Waals surface area contributed by atoms with E-state index < -0.39 is 12.3 Å². The van der Waals surface area contributed by atoms with Crippen LogP contribution in [0.25, 0.3) is 11.5 Å². The van der Waals surface area contributed by atoms with Gasteiger partial charge in [0.2, 0.25) is 5.89 Å². The molecule has 0 radical (unpaired) electrons. The maximum absolute atomic E-state index is 12.5. The van der Waals surface area contributed by atoms with Crippen molar-refractivity contribution in [1.82, 2.24) is 14.8 Å². The summed E-state index contributed by atoms with van der Waals surface area (Å²) in [6.07, 6.45) is 3.66. The maximum Gasteiger partial charge on any atom is 0.314 e. The number of rotatable bonds is 3. The number of hydrogen-bond acceptors (Lipinski definition) is 4. The molecular weight excluding hydrogens is 292 g/mol. The van der Waals surface area contributed by atoms with Crippen LogP contribution in [0.3, 0.4) is 0 Å². The molecule has 2 aromatic rings. The normalized spacial score (nSPS) is 27.0. The van der Waals surface area contributed by atoms with E-state index >= 15 is 0 Å². The van der Waals surface area contributed by atoms with E-state index in [1.165, 1.54) is 31.7 Å². The molecular formula is C15H15F2N3O2. The second kappa shape index (κ2) is 5.00. The molecule has 116 valence electrons. The Bertz CT molecular complexity index is 735. The van der Waals surface area contributed by atoms with Gasteiger partial charge >= 0.3 is 6.43 Å². The molecule has 4 rings (SSSR count). The summed E-state index contributed by atoms with van der Waals surface area (Å²) in [6.45, 7) is 0. The van der Waals surface area contributed by atoms with Gasteiger partial charge in [-0.25, -0.2) is 0 Å². The first kappa shape index (κ1) is 13.6. The van der Waals surface area contributed by atoms with Gasteiger partial charge in [0.15, 0.2) is 0 Å². The summed E-state index contributed by atoms with van der Waals surface area (Å²) < 4.78 is 31.6. The summed E-state index contributed by atoms with van der Waals surface area (Å²) in [5.74, 6) is 0.395. The molecule has 2 heterocycles. The van der Waals surface area contributed by atoms with Crippen molar-refractivity contribution in [2.45, 2.75) is 38.2 Å². The predicted octanol–water partition coefficient (Wildman–Crippen LogP) is 3.20. The first-order valence-electron chi connectivity index (χ1n) is 7.47. The highest BCUT2D eigenvalue weighted by Crippen LogP contribution is 2.51. The fourth-order valence-electron chi connectivity index (χ4n) is 3.98. The lowest BCUT2D eigenvalue weighted by Crippen LogP contribution is -2.26. The molecule has 0 spiro atoms. The molecule has 7 heteroatoms. The first-order valence-corrected chi connectivity index (χ1v) is 7.47. The maximum atomic E-state index is 12.5. The highest BCUT2D eigenvalue weighted by Gasteiger charge is 2.42. The van der Waals surface area contributed by atoms with Crippen LogP contribution in [0.15, 0.2) is 27.5 Å². The van der Waals surface area contributed by atoms with Gasteiger partial charge in [-0.1, -0.05) is 0 Å². The molecule has 22 heavy (non-hydrogen) atoms. The number of hydrogen-bond donors (Lipinski definition) is 0. The molecule has 2 aliphatic rings. The van der Waals surface area contributed by atoms with Crippen LogP contribution in [-0.4, -0.2) is 14.8 Å². The van der Waals surface area contributed by atoms with E-state index in [4.69, 9.17) is 4.42 Å². The van der Waals surface area contributed by atoms with E-state index in [9.17, 15) is 13.6 Å². The quantitative estimate of drug-likeness (QED) is 0.873. The number of nitrogens with zero attached hydrogens (tertiary/aromatic N) is 3. The molecule has 2 aliphatic carbocycles. The molecule has 5 nitrogen and oxygen atoms in total. The van der Waals surface area contributed by atoms with Crippen LogP contribution >= 0.6 is 0 Å². The number of pyridine rings is 1. The highest BCUT2D eigenvalue weighted by molar-refractivity contribution is 5.51. The van der Waals surface area contributed by atoms with Crippen LogP contribution in [0.5, 0.6) is 0 Å². The highest BCUT2D eigenvalue weighted by atomic mass is 19.3. The van der Waals surface area contributed by atoms with E-state index in [2.05, 4.69) is 10.2 Å². The van der Waals surface area contributed by atoms with Gasteiger partial charge in [0.1, 0.15) is 0 Å². The van der Waals surface area contributed by atoms with Crippen molar-refractivity contribution in [3.8, 4) is 11.5 Å². The third-order valence-electron chi connectivity index (χ3n) is 4.93. The Labute approximate surface area is 125 Å². The minimum Gasteiger partial charge on any atom is -0.415 e. The molecule has 0 aromatic carbocycles. The molecule has 0 aliphatic heterocycles. The second-order valence-corrected chi connectivity index (χ2v) is 6.07. The standard InChI is InChI=1S/C15H15F2N3O2/c16-13(17)15-19-18-14(22-15)10-5-6-20(11(21)7-10)12-8-1-2-9(12)4-3-8/h5-9,12-13H,1-4H2. The van der Waals surface area contributed by atoms with Crippen molar-refractivity contribution in [2.24, 2.45) is 11.8 Å². The van der Waals surface area contributed by atoms with Crippen molar-refractivity contribution in [2.75, 3.05) is 0 Å². The van der Waals surface area contributed by atoms with E-state index in [-0.39, 0.29) is 17.5 Å². The summed E-state index contributed by atoms with van der Waals surface area (Å²) in [5.41, 5.74) is 0.240. The topological polar surface area (TPSA) is 60.9 Å². The summed E-state index contributed by atoms with van der Waals surface area (Å²) in [4.78, 5) is 12.4. The van der Waals surface area contributed by atoms with Crippen LogP contribution < -0.4 is 5.56 Å². The van der Waals surface area contributed by atoms with Gasteiger partial charge in [-0.15, -0.1) is 10.2 Å². The van der Waals surface area contributed by atoms with Gasteiger partial charge in [-0.3, -0.25) is 4.79 Å². The van der Waals surface area contributed by atoms with Crippen LogP contribution in [0.4, 0.5) is 8.78 Å². The van der Waals surface area contributed by atoms with E-state index in [1.54, 1.807) is 16.8 Å². The monoisotopic (exact) mass is 307 g/mol. The fourth-order valence-corrected chi connectivity index (χ4v) is 3.98. The van der Waals surface area contributed by atoms with E-state index in [1.807, 2.05) is 0 Å². The van der Waals surface area contributed by atoms with Crippen molar-refractivity contribution < 1.29 is 13.2 Å². The van der Waals surface area contributed by atoms with E-state index in [0.717, 1.165) is 0 Å². The SMILES string of the molecule is O=c1cc(-c2nnc(C(F)F)o2)ccn1C1C2CCC1CC2. The lowest BCUT2D eigenvalue weighted by molar-refractivity contribution is 0.116. The van der Waals surface area contributed by atoms with Crippen LogP contribution in [-0.2, 0) is 0 Å². The molecule has 2 saturated carbocycles. The van der Waals surface area contributed by atoms with Gasteiger partial charge < -0.3 is 8.98 Å². The molecule has 0 amide bonds. The smallest absolute Gasteiger partial charge is 0.314 e. The van der Waals surface area contributed by atoms with Gasteiger partial charge in [-0.2, -0.15) is 8.78 Å². The number of halogens is 2. The van der Waals surface area contributed by atoms with Crippen molar-refractivity contribution in [3.05, 3.63) is 34.6 Å². The van der Waals surface area contributed by atoms with Crippen molar-refractivity contribution >= 4 is 0 Å². The molecule has 0 saturated heterocycles. The van der Waals surface area contributed by atoms with Crippen molar-refractivity contribution in [3.63, 3.8) is 0 Å². The first-order chi connectivity index (χ1) is 10.6. The zero-order chi connectivity index (χ0) is 15.3. The molecule has 2 fully saturated rings. The Hall–Kier alpha value is -2.05. The minimum absolute atomic E-state index is 0.0473. The number of aromatic nitrogens is 3. The van der Waals surface area contributed by atoms with Gasteiger partial charge in [0.25, 0.3) is 11.4 Å². The zero-order valence-corrected chi connectivity index (χ0v) is 11.8. The summed E-state index contributed by atoms with van der Waals surface area (Å²) >= 11 is 0. The Morgan fingerprint density at radius 2 is 1.86 bits per heavy atom. The molecule has 0 N–H and O–H groups in total. The van der Waals surface area contributed by atoms with Crippen LogP contribution in [0.2, 0.25) is 0 Å². The van der Waals surface area contributed by atoms with Crippen molar-refractivity contribution in [1.29, 1.82) is 0 Å². The van der Waals surface area contributed by atoms with Gasteiger partial charge in [-0.05, 0) is 43.6 Å². The molecule has 0 atom stereocenters. The minimum atomic E-state index is -2.81.